The predicted octanol–water partition coefficient (Wildman–Crippen LogP) is 8.72. The minimum Gasteiger partial charge on any atom is -0.465 e. The first-order valence-corrected chi connectivity index (χ1v) is 14.2. The van der Waals surface area contributed by atoms with Crippen LogP contribution >= 0.6 is 0 Å². The number of hydrogen-bond donors (Lipinski definition) is 0. The molecule has 0 bridgehead atoms. The molecule has 3 aliphatic rings. The number of rotatable bonds is 10. The summed E-state index contributed by atoms with van der Waals surface area (Å²) >= 11 is 0. The summed E-state index contributed by atoms with van der Waals surface area (Å²) in [6.07, 6.45) is 23.3. The van der Waals surface area contributed by atoms with Gasteiger partial charge in [-0.2, -0.15) is 0 Å². The lowest BCUT2D eigenvalue weighted by atomic mass is 9.62. The zero-order valence-corrected chi connectivity index (χ0v) is 21.1. The monoisotopic (exact) mass is 432 g/mol. The quantitative estimate of drug-likeness (QED) is 0.255. The minimum atomic E-state index is -0.160. The van der Waals surface area contributed by atoms with E-state index in [4.69, 9.17) is 4.74 Å². The molecular formula is C29H52O2. The lowest BCUT2D eigenvalue weighted by molar-refractivity contribution is -0.160. The van der Waals surface area contributed by atoms with Gasteiger partial charge in [-0.15, -0.1) is 0 Å². The third-order valence-electron chi connectivity index (χ3n) is 9.57. The van der Waals surface area contributed by atoms with Crippen LogP contribution in [0.4, 0.5) is 0 Å². The first-order valence-electron chi connectivity index (χ1n) is 14.2. The average molecular weight is 433 g/mol. The van der Waals surface area contributed by atoms with Crippen LogP contribution in [0.25, 0.3) is 0 Å². The SMILES string of the molecule is CCCCOC(=O)C1(CCC2CCC(CCC)CC2)CCC(C2CCC(C)CC2)CC1. The smallest absolute Gasteiger partial charge is 0.312 e. The molecule has 0 radical (unpaired) electrons. The molecule has 0 saturated heterocycles. The number of unbranched alkanes of at least 4 members (excludes halogenated alkanes) is 1. The van der Waals surface area contributed by atoms with Gasteiger partial charge in [0.2, 0.25) is 0 Å². The van der Waals surface area contributed by atoms with Crippen molar-refractivity contribution in [2.45, 2.75) is 136 Å². The van der Waals surface area contributed by atoms with Crippen LogP contribution in [0.2, 0.25) is 0 Å². The molecule has 0 amide bonds. The molecule has 3 rings (SSSR count). The summed E-state index contributed by atoms with van der Waals surface area (Å²) < 4.78 is 5.87. The summed E-state index contributed by atoms with van der Waals surface area (Å²) in [5.74, 6) is 4.72. The van der Waals surface area contributed by atoms with Crippen LogP contribution < -0.4 is 0 Å². The Morgan fingerprint density at radius 1 is 0.774 bits per heavy atom. The molecule has 0 aliphatic heterocycles. The molecule has 0 spiro atoms. The van der Waals surface area contributed by atoms with E-state index in [0.29, 0.717) is 6.61 Å². The Balaban J connectivity index is 1.53. The predicted molar refractivity (Wildman–Crippen MR) is 131 cm³/mol. The normalized spacial score (nSPS) is 36.8. The Labute approximate surface area is 193 Å². The van der Waals surface area contributed by atoms with Gasteiger partial charge >= 0.3 is 5.97 Å². The molecule has 2 heteroatoms. The zero-order chi connectivity index (χ0) is 22.1. The van der Waals surface area contributed by atoms with Crippen LogP contribution in [-0.2, 0) is 9.53 Å². The van der Waals surface area contributed by atoms with E-state index < -0.39 is 0 Å². The van der Waals surface area contributed by atoms with E-state index >= 15 is 0 Å². The lowest BCUT2D eigenvalue weighted by Crippen LogP contribution is -2.39. The fourth-order valence-electron chi connectivity index (χ4n) is 7.14. The number of hydrogen-bond acceptors (Lipinski definition) is 2. The van der Waals surface area contributed by atoms with Gasteiger partial charge < -0.3 is 4.74 Å². The molecule has 3 saturated carbocycles. The van der Waals surface area contributed by atoms with Crippen molar-refractivity contribution in [2.75, 3.05) is 6.61 Å². The largest absolute Gasteiger partial charge is 0.465 e. The molecule has 0 N–H and O–H groups in total. The Hall–Kier alpha value is -0.530. The lowest BCUT2D eigenvalue weighted by Gasteiger charge is -2.43. The number of carbonyl (C=O) groups is 1. The van der Waals surface area contributed by atoms with Gasteiger partial charge in [0.05, 0.1) is 12.0 Å². The summed E-state index contributed by atoms with van der Waals surface area (Å²) in [6.45, 7) is 7.55. The van der Waals surface area contributed by atoms with E-state index in [1.807, 2.05) is 0 Å². The van der Waals surface area contributed by atoms with E-state index in [1.54, 1.807) is 0 Å². The third kappa shape index (κ3) is 7.23. The molecule has 31 heavy (non-hydrogen) atoms. The maximum absolute atomic E-state index is 13.3. The Morgan fingerprint density at radius 2 is 1.35 bits per heavy atom. The standard InChI is InChI=1S/C29H52O2/c1-4-6-22-31-28(30)29(19-16-25-12-10-24(7-5-2)11-13-25)20-17-27(18-21-29)26-14-8-23(3)9-15-26/h23-27H,4-22H2,1-3H3. The van der Waals surface area contributed by atoms with Gasteiger partial charge in [-0.05, 0) is 87.4 Å². The van der Waals surface area contributed by atoms with Crippen LogP contribution in [0, 0.1) is 35.0 Å². The topological polar surface area (TPSA) is 26.3 Å². The minimum absolute atomic E-state index is 0.160. The highest BCUT2D eigenvalue weighted by molar-refractivity contribution is 5.77. The van der Waals surface area contributed by atoms with Gasteiger partial charge in [0.25, 0.3) is 0 Å². The first kappa shape index (κ1) is 25.1. The van der Waals surface area contributed by atoms with E-state index in [0.717, 1.165) is 61.7 Å². The number of ether oxygens (including phenoxy) is 1. The molecule has 3 aliphatic carbocycles. The fraction of sp³-hybridized carbons (Fsp3) is 0.966. The van der Waals surface area contributed by atoms with Gasteiger partial charge in [-0.25, -0.2) is 0 Å². The molecule has 0 unspecified atom stereocenters. The van der Waals surface area contributed by atoms with E-state index in [2.05, 4.69) is 20.8 Å². The van der Waals surface area contributed by atoms with Gasteiger partial charge in [0.15, 0.2) is 0 Å². The van der Waals surface area contributed by atoms with Crippen molar-refractivity contribution in [1.29, 1.82) is 0 Å². The van der Waals surface area contributed by atoms with E-state index in [-0.39, 0.29) is 11.4 Å². The van der Waals surface area contributed by atoms with Gasteiger partial charge in [0, 0.05) is 0 Å². The first-order chi connectivity index (χ1) is 15.1. The highest BCUT2D eigenvalue weighted by atomic mass is 16.5. The maximum Gasteiger partial charge on any atom is 0.312 e. The van der Waals surface area contributed by atoms with Crippen molar-refractivity contribution in [1.82, 2.24) is 0 Å². The van der Waals surface area contributed by atoms with Crippen molar-refractivity contribution in [3.63, 3.8) is 0 Å². The molecule has 180 valence electrons. The van der Waals surface area contributed by atoms with Crippen LogP contribution in [0.3, 0.4) is 0 Å². The molecule has 0 heterocycles. The van der Waals surface area contributed by atoms with Crippen LogP contribution in [0.1, 0.15) is 136 Å². The Bertz CT molecular complexity index is 503. The summed E-state index contributed by atoms with van der Waals surface area (Å²) in [5.41, 5.74) is -0.160. The van der Waals surface area contributed by atoms with Crippen LogP contribution in [-0.4, -0.2) is 12.6 Å². The maximum atomic E-state index is 13.3. The summed E-state index contributed by atoms with van der Waals surface area (Å²) in [4.78, 5) is 13.3. The Kier molecular flexibility index (Phi) is 10.2. The zero-order valence-electron chi connectivity index (χ0n) is 21.1. The van der Waals surface area contributed by atoms with Crippen LogP contribution in [0.5, 0.6) is 0 Å². The summed E-state index contributed by atoms with van der Waals surface area (Å²) in [7, 11) is 0. The van der Waals surface area contributed by atoms with Gasteiger partial charge in [-0.1, -0.05) is 78.6 Å². The number of carbonyl (C=O) groups excluding carboxylic acids is 1. The third-order valence-corrected chi connectivity index (χ3v) is 9.57. The molecule has 0 aromatic heterocycles. The van der Waals surface area contributed by atoms with Crippen molar-refractivity contribution in [3.05, 3.63) is 0 Å². The summed E-state index contributed by atoms with van der Waals surface area (Å²) in [6, 6.07) is 0. The van der Waals surface area contributed by atoms with E-state index in [1.165, 1.54) is 83.5 Å². The highest BCUT2D eigenvalue weighted by Crippen LogP contribution is 2.49. The van der Waals surface area contributed by atoms with Crippen molar-refractivity contribution < 1.29 is 9.53 Å². The summed E-state index contributed by atoms with van der Waals surface area (Å²) in [5, 5.41) is 0. The van der Waals surface area contributed by atoms with Crippen LogP contribution in [0.15, 0.2) is 0 Å². The molecule has 3 fully saturated rings. The fourth-order valence-corrected chi connectivity index (χ4v) is 7.14. The average Bonchev–Trinajstić information content (AvgIpc) is 2.80. The second-order valence-corrected chi connectivity index (χ2v) is 11.8. The van der Waals surface area contributed by atoms with Crippen molar-refractivity contribution in [3.8, 4) is 0 Å². The van der Waals surface area contributed by atoms with Crippen molar-refractivity contribution >= 4 is 5.97 Å². The molecule has 2 nitrogen and oxygen atoms in total. The second kappa shape index (κ2) is 12.6. The highest BCUT2D eigenvalue weighted by Gasteiger charge is 2.44. The molecule has 0 atom stereocenters. The van der Waals surface area contributed by atoms with Gasteiger partial charge in [0.1, 0.15) is 0 Å². The number of esters is 1. The molecule has 0 aromatic carbocycles. The van der Waals surface area contributed by atoms with Gasteiger partial charge in [-0.3, -0.25) is 4.79 Å². The second-order valence-electron chi connectivity index (χ2n) is 11.8. The van der Waals surface area contributed by atoms with Crippen molar-refractivity contribution in [2.24, 2.45) is 35.0 Å². The van der Waals surface area contributed by atoms with E-state index in [9.17, 15) is 4.79 Å². The Morgan fingerprint density at radius 3 is 1.94 bits per heavy atom. The molecule has 0 aromatic rings. The molecular weight excluding hydrogens is 380 g/mol.